The SMILES string of the molecule is C=C[C@@H]1C[C@]1(NC(=O)[C@@H]1C[C@@H](Oc2cc(-c3ccccc3)nc3cc(OC)ccc23)CN1C(=O)N[C@H](C(=O)N1CC[C@@H](O)C1)C(C)(C)C)C(=O)O. The molecular formula is C38H45N5O8. The predicted molar refractivity (Wildman–Crippen MR) is 189 cm³/mol. The predicted octanol–water partition coefficient (Wildman–Crippen LogP) is 3.60. The summed E-state index contributed by atoms with van der Waals surface area (Å²) in [5.41, 5.74) is -0.0823. The molecule has 13 nitrogen and oxygen atoms in total. The van der Waals surface area contributed by atoms with E-state index in [0.717, 1.165) is 5.56 Å². The molecule has 3 fully saturated rings. The Morgan fingerprint density at radius 2 is 1.84 bits per heavy atom. The topological polar surface area (TPSA) is 171 Å². The number of carboxylic acid groups (broad SMARTS) is 1. The van der Waals surface area contributed by atoms with E-state index in [1.54, 1.807) is 19.2 Å². The van der Waals surface area contributed by atoms with Crippen molar-refractivity contribution in [2.45, 2.75) is 69.9 Å². The fraction of sp³-hybridized carbons (Fsp3) is 0.447. The Morgan fingerprint density at radius 1 is 1.10 bits per heavy atom. The molecule has 51 heavy (non-hydrogen) atoms. The van der Waals surface area contributed by atoms with Gasteiger partial charge in [0.05, 0.1) is 31.0 Å². The van der Waals surface area contributed by atoms with E-state index in [1.165, 1.54) is 15.9 Å². The molecule has 1 aliphatic carbocycles. The van der Waals surface area contributed by atoms with Gasteiger partial charge in [-0.2, -0.15) is 0 Å². The lowest BCUT2D eigenvalue weighted by molar-refractivity contribution is -0.144. The lowest BCUT2D eigenvalue weighted by atomic mass is 9.86. The molecule has 6 atom stereocenters. The highest BCUT2D eigenvalue weighted by atomic mass is 16.5. The van der Waals surface area contributed by atoms with Crippen LogP contribution in [0.4, 0.5) is 4.79 Å². The number of benzene rings is 2. The number of nitrogens with zero attached hydrogens (tertiary/aromatic N) is 3. The number of pyridine rings is 1. The summed E-state index contributed by atoms with van der Waals surface area (Å²) in [6, 6.07) is 14.1. The van der Waals surface area contributed by atoms with Gasteiger partial charge in [-0.25, -0.2) is 14.6 Å². The van der Waals surface area contributed by atoms with Crippen molar-refractivity contribution in [3.05, 3.63) is 67.3 Å². The molecule has 0 unspecified atom stereocenters. The van der Waals surface area contributed by atoms with Gasteiger partial charge in [-0.15, -0.1) is 6.58 Å². The maximum Gasteiger partial charge on any atom is 0.330 e. The molecule has 3 heterocycles. The van der Waals surface area contributed by atoms with E-state index in [2.05, 4.69) is 17.2 Å². The van der Waals surface area contributed by atoms with Gasteiger partial charge >= 0.3 is 12.0 Å². The van der Waals surface area contributed by atoms with Crippen LogP contribution in [0, 0.1) is 11.3 Å². The lowest BCUT2D eigenvalue weighted by Gasteiger charge is -2.35. The number of ether oxygens (including phenoxy) is 2. The van der Waals surface area contributed by atoms with Gasteiger partial charge < -0.3 is 40.1 Å². The monoisotopic (exact) mass is 699 g/mol. The Balaban J connectivity index is 1.32. The van der Waals surface area contributed by atoms with Crippen molar-refractivity contribution < 1.29 is 38.9 Å². The first-order valence-electron chi connectivity index (χ1n) is 17.2. The lowest BCUT2D eigenvalue weighted by Crippen LogP contribution is -2.59. The number of rotatable bonds is 10. The minimum atomic E-state index is -1.51. The molecule has 0 spiro atoms. The van der Waals surface area contributed by atoms with E-state index >= 15 is 0 Å². The number of aliphatic hydroxyl groups excluding tert-OH is 1. The van der Waals surface area contributed by atoms with Gasteiger partial charge in [0.25, 0.3) is 0 Å². The van der Waals surface area contributed by atoms with Gasteiger partial charge in [0.15, 0.2) is 0 Å². The number of nitrogens with one attached hydrogen (secondary N) is 2. The summed E-state index contributed by atoms with van der Waals surface area (Å²) in [6.07, 6.45) is 0.876. The van der Waals surface area contributed by atoms with Crippen LogP contribution in [-0.4, -0.2) is 105 Å². The molecule has 4 N–H and O–H groups in total. The minimum Gasteiger partial charge on any atom is -0.497 e. The Labute approximate surface area is 296 Å². The van der Waals surface area contributed by atoms with Crippen molar-refractivity contribution in [2.75, 3.05) is 26.7 Å². The van der Waals surface area contributed by atoms with Crippen molar-refractivity contribution in [2.24, 2.45) is 11.3 Å². The second-order valence-electron chi connectivity index (χ2n) is 14.7. The van der Waals surface area contributed by atoms with E-state index in [4.69, 9.17) is 14.5 Å². The van der Waals surface area contributed by atoms with Crippen molar-refractivity contribution in [3.8, 4) is 22.8 Å². The fourth-order valence-electron chi connectivity index (χ4n) is 6.99. The smallest absolute Gasteiger partial charge is 0.330 e. The summed E-state index contributed by atoms with van der Waals surface area (Å²) < 4.78 is 12.1. The molecule has 4 amide bonds. The molecule has 0 bridgehead atoms. The number of hydrogen-bond donors (Lipinski definition) is 4. The number of hydrogen-bond acceptors (Lipinski definition) is 8. The summed E-state index contributed by atoms with van der Waals surface area (Å²) in [4.78, 5) is 61.7. The summed E-state index contributed by atoms with van der Waals surface area (Å²) in [7, 11) is 1.57. The number of fused-ring (bicyclic) bond motifs is 1. The number of aromatic nitrogens is 1. The number of likely N-dealkylation sites (tertiary alicyclic amines) is 2. The molecule has 2 aliphatic heterocycles. The molecule has 0 radical (unpaired) electrons. The number of aliphatic hydroxyl groups is 1. The van der Waals surface area contributed by atoms with Gasteiger partial charge in [0.1, 0.15) is 35.2 Å². The number of urea groups is 1. The zero-order chi connectivity index (χ0) is 36.7. The summed E-state index contributed by atoms with van der Waals surface area (Å²) in [6.45, 7) is 9.71. The molecule has 3 aromatic rings. The molecule has 270 valence electrons. The molecule has 1 aromatic heterocycles. The van der Waals surface area contributed by atoms with Gasteiger partial charge in [-0.1, -0.05) is 57.2 Å². The highest BCUT2D eigenvalue weighted by molar-refractivity contribution is 5.96. The normalized spacial score (nSPS) is 24.9. The van der Waals surface area contributed by atoms with E-state index in [-0.39, 0.29) is 31.8 Å². The summed E-state index contributed by atoms with van der Waals surface area (Å²) >= 11 is 0. The van der Waals surface area contributed by atoms with Gasteiger partial charge in [0.2, 0.25) is 11.8 Å². The highest BCUT2D eigenvalue weighted by Gasteiger charge is 2.61. The van der Waals surface area contributed by atoms with E-state index in [0.29, 0.717) is 41.1 Å². The average molecular weight is 700 g/mol. The van der Waals surface area contributed by atoms with E-state index < -0.39 is 59.1 Å². The van der Waals surface area contributed by atoms with Gasteiger partial charge in [0, 0.05) is 48.5 Å². The van der Waals surface area contributed by atoms with Crippen LogP contribution in [-0.2, 0) is 14.4 Å². The molecular weight excluding hydrogens is 654 g/mol. The molecule has 3 aliphatic rings. The number of carbonyl (C=O) groups is 4. The molecule has 6 rings (SSSR count). The highest BCUT2D eigenvalue weighted by Crippen LogP contribution is 2.45. The van der Waals surface area contributed by atoms with Crippen molar-refractivity contribution in [1.29, 1.82) is 0 Å². The first kappa shape index (κ1) is 35.6. The molecule has 2 saturated heterocycles. The fourth-order valence-corrected chi connectivity index (χ4v) is 6.99. The van der Waals surface area contributed by atoms with Crippen LogP contribution in [0.15, 0.2) is 67.3 Å². The van der Waals surface area contributed by atoms with Crippen LogP contribution in [0.25, 0.3) is 22.2 Å². The number of aliphatic carboxylic acids is 1. The second kappa shape index (κ2) is 13.9. The molecule has 13 heteroatoms. The standard InChI is InChI=1S/C38H45N5O8/c1-6-23-19-38(23,35(47)48)41-33(45)30-17-26(21-43(30)36(49)40-32(37(2,3)4)34(46)42-15-14-24(44)20-42)51-31-18-28(22-10-8-7-9-11-22)39-29-16-25(50-5)12-13-27(29)31/h6-13,16,18,23-24,26,30,32,44H,1,14-15,17,19-21H2,2-5H3,(H,40,49)(H,41,45)(H,47,48)/t23-,24-,26-,30+,32-,38-/m1/s1. The second-order valence-corrected chi connectivity index (χ2v) is 14.7. The number of methoxy groups -OCH3 is 1. The van der Waals surface area contributed by atoms with Crippen molar-refractivity contribution in [1.82, 2.24) is 25.4 Å². The number of carboxylic acids is 1. The maximum absolute atomic E-state index is 14.2. The molecule has 1 saturated carbocycles. The third-order valence-electron chi connectivity index (χ3n) is 10.1. The first-order chi connectivity index (χ1) is 24.2. The Kier molecular flexibility index (Phi) is 9.69. The summed E-state index contributed by atoms with van der Waals surface area (Å²) in [5, 5.41) is 26.4. The van der Waals surface area contributed by atoms with Crippen LogP contribution in [0.2, 0.25) is 0 Å². The third-order valence-corrected chi connectivity index (χ3v) is 10.1. The first-order valence-corrected chi connectivity index (χ1v) is 17.2. The van der Waals surface area contributed by atoms with E-state index in [9.17, 15) is 29.4 Å². The van der Waals surface area contributed by atoms with Crippen molar-refractivity contribution in [3.63, 3.8) is 0 Å². The maximum atomic E-state index is 14.2. The number of carbonyl (C=O) groups excluding carboxylic acids is 3. The van der Waals surface area contributed by atoms with E-state index in [1.807, 2.05) is 63.2 Å². The molecule has 2 aromatic carbocycles. The third kappa shape index (κ3) is 7.21. The van der Waals surface area contributed by atoms with Gasteiger partial charge in [-0.05, 0) is 30.4 Å². The van der Waals surface area contributed by atoms with Crippen LogP contribution in [0.1, 0.15) is 40.0 Å². The van der Waals surface area contributed by atoms with Gasteiger partial charge in [-0.3, -0.25) is 9.59 Å². The minimum absolute atomic E-state index is 0.0248. The quantitative estimate of drug-likeness (QED) is 0.231. The average Bonchev–Trinajstić information content (AvgIpc) is 3.39. The van der Waals surface area contributed by atoms with Crippen LogP contribution >= 0.6 is 0 Å². The largest absolute Gasteiger partial charge is 0.497 e. The zero-order valence-electron chi connectivity index (χ0n) is 29.3. The van der Waals surface area contributed by atoms with Crippen LogP contribution < -0.4 is 20.1 Å². The summed E-state index contributed by atoms with van der Waals surface area (Å²) in [5.74, 6) is -1.50. The Morgan fingerprint density at radius 3 is 2.45 bits per heavy atom. The van der Waals surface area contributed by atoms with Crippen LogP contribution in [0.5, 0.6) is 11.5 Å². The Bertz CT molecular complexity index is 1840. The van der Waals surface area contributed by atoms with Crippen molar-refractivity contribution >= 4 is 34.7 Å². The van der Waals surface area contributed by atoms with Crippen LogP contribution in [0.3, 0.4) is 0 Å². The number of β-amino-alcohol motifs (C(OH)–C–C–N with tert-alkyl or cyclic N) is 1. The zero-order valence-corrected chi connectivity index (χ0v) is 29.3. The Hall–Kier alpha value is -5.17. The number of amides is 4.